The zero-order valence-corrected chi connectivity index (χ0v) is 11.8. The summed E-state index contributed by atoms with van der Waals surface area (Å²) in [6.07, 6.45) is 4.80. The van der Waals surface area contributed by atoms with Crippen LogP contribution >= 0.6 is 0 Å². The Morgan fingerprint density at radius 2 is 1.90 bits per heavy atom. The molecule has 1 fully saturated rings. The van der Waals surface area contributed by atoms with Crippen molar-refractivity contribution in [1.82, 2.24) is 5.32 Å². The fourth-order valence-corrected chi connectivity index (χ4v) is 2.95. The van der Waals surface area contributed by atoms with Crippen molar-refractivity contribution in [2.45, 2.75) is 44.2 Å². The van der Waals surface area contributed by atoms with Gasteiger partial charge in [0.05, 0.1) is 0 Å². The molecule has 1 aliphatic carbocycles. The van der Waals surface area contributed by atoms with Crippen LogP contribution in [-0.2, 0) is 4.79 Å². The standard InChI is InChI=1S/C16H24N2O2/c17-11-14(12-7-3-1-4-8-12)18-16(20)15(19)13-9-5-2-6-10-13/h2,5-6,9-10,12,14-15,19H,1,3-4,7-8,11,17H2,(H,18,20). The molecule has 4 heteroatoms. The van der Waals surface area contributed by atoms with E-state index in [4.69, 9.17) is 5.73 Å². The first-order chi connectivity index (χ1) is 9.72. The zero-order valence-electron chi connectivity index (χ0n) is 11.8. The molecule has 1 amide bonds. The molecule has 0 bridgehead atoms. The smallest absolute Gasteiger partial charge is 0.253 e. The van der Waals surface area contributed by atoms with Crippen molar-refractivity contribution >= 4 is 5.91 Å². The van der Waals surface area contributed by atoms with Gasteiger partial charge in [-0.3, -0.25) is 4.79 Å². The van der Waals surface area contributed by atoms with Crippen LogP contribution in [0.25, 0.3) is 0 Å². The molecule has 1 aromatic rings. The summed E-state index contributed by atoms with van der Waals surface area (Å²) >= 11 is 0. The second kappa shape index (κ2) is 7.41. The molecule has 4 N–H and O–H groups in total. The molecule has 0 radical (unpaired) electrons. The number of nitrogens with two attached hydrogens (primary N) is 1. The second-order valence-corrected chi connectivity index (χ2v) is 5.56. The molecular formula is C16H24N2O2. The molecule has 4 nitrogen and oxygen atoms in total. The molecule has 0 aromatic heterocycles. The minimum Gasteiger partial charge on any atom is -0.378 e. The van der Waals surface area contributed by atoms with Gasteiger partial charge in [0.25, 0.3) is 5.91 Å². The zero-order chi connectivity index (χ0) is 14.4. The van der Waals surface area contributed by atoms with E-state index in [1.54, 1.807) is 12.1 Å². The lowest BCUT2D eigenvalue weighted by atomic mass is 9.84. The lowest BCUT2D eigenvalue weighted by Crippen LogP contribution is -2.47. The molecule has 1 aromatic carbocycles. The van der Waals surface area contributed by atoms with E-state index in [0.29, 0.717) is 18.0 Å². The molecule has 20 heavy (non-hydrogen) atoms. The van der Waals surface area contributed by atoms with Gasteiger partial charge >= 0.3 is 0 Å². The van der Waals surface area contributed by atoms with Crippen molar-refractivity contribution in [1.29, 1.82) is 0 Å². The maximum Gasteiger partial charge on any atom is 0.253 e. The lowest BCUT2D eigenvalue weighted by molar-refractivity contribution is -0.130. The summed E-state index contributed by atoms with van der Waals surface area (Å²) in [5.74, 6) is 0.0953. The van der Waals surface area contributed by atoms with E-state index >= 15 is 0 Å². The van der Waals surface area contributed by atoms with Crippen LogP contribution < -0.4 is 11.1 Å². The quantitative estimate of drug-likeness (QED) is 0.767. The fourth-order valence-electron chi connectivity index (χ4n) is 2.95. The summed E-state index contributed by atoms with van der Waals surface area (Å²) < 4.78 is 0. The Balaban J connectivity index is 1.94. The Hall–Kier alpha value is -1.39. The number of rotatable bonds is 5. The largest absolute Gasteiger partial charge is 0.378 e. The van der Waals surface area contributed by atoms with Crippen LogP contribution in [0, 0.1) is 5.92 Å². The predicted octanol–water partition coefficient (Wildman–Crippen LogP) is 1.74. The van der Waals surface area contributed by atoms with Gasteiger partial charge in [-0.15, -0.1) is 0 Å². The molecule has 2 atom stereocenters. The highest BCUT2D eigenvalue weighted by atomic mass is 16.3. The van der Waals surface area contributed by atoms with Gasteiger partial charge in [-0.25, -0.2) is 0 Å². The van der Waals surface area contributed by atoms with Gasteiger partial charge < -0.3 is 16.2 Å². The lowest BCUT2D eigenvalue weighted by Gasteiger charge is -2.30. The monoisotopic (exact) mass is 276 g/mol. The molecule has 1 saturated carbocycles. The highest BCUT2D eigenvalue weighted by Gasteiger charge is 2.26. The SMILES string of the molecule is NCC(NC(=O)C(O)c1ccccc1)C1CCCCC1. The normalized spacial score (nSPS) is 19.3. The van der Waals surface area contributed by atoms with E-state index < -0.39 is 6.10 Å². The number of nitrogens with one attached hydrogen (secondary N) is 1. The average Bonchev–Trinajstić information content (AvgIpc) is 2.53. The number of aliphatic hydroxyl groups is 1. The third-order valence-electron chi connectivity index (χ3n) is 4.16. The van der Waals surface area contributed by atoms with Crippen molar-refractivity contribution in [3.05, 3.63) is 35.9 Å². The molecular weight excluding hydrogens is 252 g/mol. The number of carbonyl (C=O) groups is 1. The van der Waals surface area contributed by atoms with Crippen molar-refractivity contribution in [3.8, 4) is 0 Å². The Bertz CT molecular complexity index is 416. The molecule has 0 heterocycles. The first-order valence-electron chi connectivity index (χ1n) is 7.46. The summed E-state index contributed by atoms with van der Waals surface area (Å²) in [6.45, 7) is 0.428. The van der Waals surface area contributed by atoms with Crippen LogP contribution in [0.15, 0.2) is 30.3 Å². The van der Waals surface area contributed by atoms with E-state index in [1.165, 1.54) is 19.3 Å². The van der Waals surface area contributed by atoms with E-state index in [0.717, 1.165) is 12.8 Å². The van der Waals surface area contributed by atoms with Crippen LogP contribution in [0.4, 0.5) is 0 Å². The van der Waals surface area contributed by atoms with Gasteiger partial charge in [0.15, 0.2) is 6.10 Å². The average molecular weight is 276 g/mol. The van der Waals surface area contributed by atoms with Gasteiger partial charge in [-0.1, -0.05) is 49.6 Å². The van der Waals surface area contributed by atoms with Crippen molar-refractivity contribution in [2.24, 2.45) is 11.7 Å². The molecule has 2 unspecified atom stereocenters. The van der Waals surface area contributed by atoms with Crippen LogP contribution in [-0.4, -0.2) is 23.6 Å². The van der Waals surface area contributed by atoms with E-state index in [9.17, 15) is 9.90 Å². The highest BCUT2D eigenvalue weighted by molar-refractivity contribution is 5.82. The summed E-state index contributed by atoms with van der Waals surface area (Å²) in [5.41, 5.74) is 6.41. The Morgan fingerprint density at radius 3 is 2.50 bits per heavy atom. The van der Waals surface area contributed by atoms with Gasteiger partial charge in [-0.05, 0) is 24.3 Å². The summed E-state index contributed by atoms with van der Waals surface area (Å²) in [6, 6.07) is 8.96. The minimum atomic E-state index is -1.12. The van der Waals surface area contributed by atoms with Crippen LogP contribution in [0.3, 0.4) is 0 Å². The molecule has 0 saturated heterocycles. The first kappa shape index (κ1) is 15.0. The van der Waals surface area contributed by atoms with Gasteiger partial charge in [0, 0.05) is 12.6 Å². The Morgan fingerprint density at radius 1 is 1.25 bits per heavy atom. The van der Waals surface area contributed by atoms with E-state index in [1.807, 2.05) is 18.2 Å². The number of carbonyl (C=O) groups excluding carboxylic acids is 1. The summed E-state index contributed by atoms with van der Waals surface area (Å²) in [7, 11) is 0. The summed E-state index contributed by atoms with van der Waals surface area (Å²) in [4.78, 5) is 12.1. The third-order valence-corrected chi connectivity index (χ3v) is 4.16. The van der Waals surface area contributed by atoms with E-state index in [2.05, 4.69) is 5.32 Å². The molecule has 2 rings (SSSR count). The minimum absolute atomic E-state index is 0.0267. The topological polar surface area (TPSA) is 75.3 Å². The number of hydrogen-bond acceptors (Lipinski definition) is 3. The highest BCUT2D eigenvalue weighted by Crippen LogP contribution is 2.26. The number of aliphatic hydroxyl groups excluding tert-OH is 1. The number of hydrogen-bond donors (Lipinski definition) is 3. The van der Waals surface area contributed by atoms with E-state index in [-0.39, 0.29) is 11.9 Å². The molecule has 110 valence electrons. The fraction of sp³-hybridized carbons (Fsp3) is 0.562. The van der Waals surface area contributed by atoms with Crippen molar-refractivity contribution in [2.75, 3.05) is 6.54 Å². The maximum atomic E-state index is 12.1. The van der Waals surface area contributed by atoms with Gasteiger partial charge in [0.1, 0.15) is 0 Å². The third kappa shape index (κ3) is 3.81. The van der Waals surface area contributed by atoms with Crippen molar-refractivity contribution < 1.29 is 9.90 Å². The van der Waals surface area contributed by atoms with Gasteiger partial charge in [0.2, 0.25) is 0 Å². The van der Waals surface area contributed by atoms with Crippen LogP contribution in [0.1, 0.15) is 43.8 Å². The molecule has 0 spiro atoms. The number of benzene rings is 1. The summed E-state index contributed by atoms with van der Waals surface area (Å²) in [5, 5.41) is 13.0. The van der Waals surface area contributed by atoms with Crippen molar-refractivity contribution in [3.63, 3.8) is 0 Å². The second-order valence-electron chi connectivity index (χ2n) is 5.56. The van der Waals surface area contributed by atoms with Gasteiger partial charge in [-0.2, -0.15) is 0 Å². The first-order valence-corrected chi connectivity index (χ1v) is 7.46. The van der Waals surface area contributed by atoms with Crippen LogP contribution in [0.2, 0.25) is 0 Å². The predicted molar refractivity (Wildman–Crippen MR) is 79.0 cm³/mol. The number of amides is 1. The van der Waals surface area contributed by atoms with Crippen LogP contribution in [0.5, 0.6) is 0 Å². The molecule has 0 aliphatic heterocycles. The molecule has 1 aliphatic rings. The Labute approximate surface area is 120 Å². The maximum absolute atomic E-state index is 12.1. The Kier molecular flexibility index (Phi) is 5.56.